The summed E-state index contributed by atoms with van der Waals surface area (Å²) in [5.74, 6) is 2.10. The number of nitrogens with one attached hydrogen (secondary N) is 1. The van der Waals surface area contributed by atoms with Gasteiger partial charge in [0.25, 0.3) is 0 Å². The number of ketones is 1. The highest BCUT2D eigenvalue weighted by Crippen LogP contribution is 2.28. The number of hydrogen-bond acceptors (Lipinski definition) is 4. The van der Waals surface area contributed by atoms with E-state index < -0.39 is 0 Å². The van der Waals surface area contributed by atoms with Crippen LogP contribution in [0.25, 0.3) is 11.0 Å². The largest absolute Gasteiger partial charge is 0.497 e. The molecular formula is C23H25N3O3. The summed E-state index contributed by atoms with van der Waals surface area (Å²) >= 11 is 0. The minimum Gasteiger partial charge on any atom is -0.497 e. The maximum absolute atomic E-state index is 12.5. The fourth-order valence-corrected chi connectivity index (χ4v) is 3.87. The molecule has 3 aromatic rings. The van der Waals surface area contributed by atoms with Gasteiger partial charge in [-0.05, 0) is 49.2 Å². The van der Waals surface area contributed by atoms with Crippen molar-refractivity contribution < 1.29 is 14.3 Å². The van der Waals surface area contributed by atoms with Crippen molar-refractivity contribution in [1.29, 1.82) is 0 Å². The lowest BCUT2D eigenvalue weighted by atomic mass is 9.95. The van der Waals surface area contributed by atoms with Crippen molar-refractivity contribution in [2.45, 2.75) is 31.6 Å². The Balaban J connectivity index is 1.27. The van der Waals surface area contributed by atoms with Gasteiger partial charge in [0.2, 0.25) is 5.91 Å². The highest BCUT2D eigenvalue weighted by atomic mass is 16.5. The number of amides is 1. The molecule has 1 saturated heterocycles. The van der Waals surface area contributed by atoms with Crippen LogP contribution in [0.4, 0.5) is 0 Å². The molecule has 150 valence electrons. The van der Waals surface area contributed by atoms with Gasteiger partial charge in [-0.2, -0.15) is 0 Å². The molecule has 1 N–H and O–H groups in total. The van der Waals surface area contributed by atoms with Crippen LogP contribution in [-0.2, 0) is 4.79 Å². The lowest BCUT2D eigenvalue weighted by Gasteiger charge is -2.31. The van der Waals surface area contributed by atoms with Crippen molar-refractivity contribution >= 4 is 22.7 Å². The Labute approximate surface area is 169 Å². The molecule has 1 aromatic heterocycles. The third-order valence-electron chi connectivity index (χ3n) is 5.62. The normalized spacial score (nSPS) is 14.9. The molecule has 0 bridgehead atoms. The number of H-pyrrole nitrogens is 1. The molecule has 1 fully saturated rings. The number of nitrogens with zero attached hydrogens (tertiary/aromatic N) is 2. The van der Waals surface area contributed by atoms with Gasteiger partial charge in [0.1, 0.15) is 11.6 Å². The number of aromatic amines is 1. The zero-order valence-electron chi connectivity index (χ0n) is 16.6. The standard InChI is InChI=1S/C23H25N3O3/c1-29-18-8-6-16(7-9-18)21(27)10-11-22(28)26-14-12-17(13-15-26)23-24-19-4-2-3-5-20(19)25-23/h2-9,17H,10-15H2,1H3,(H,24,25). The first-order valence-electron chi connectivity index (χ1n) is 10.0. The monoisotopic (exact) mass is 391 g/mol. The Bertz CT molecular complexity index is 969. The van der Waals surface area contributed by atoms with E-state index >= 15 is 0 Å². The van der Waals surface area contributed by atoms with Crippen molar-refractivity contribution in [2.75, 3.05) is 20.2 Å². The molecule has 1 aliphatic heterocycles. The number of ether oxygens (including phenoxy) is 1. The second-order valence-corrected chi connectivity index (χ2v) is 7.45. The minimum atomic E-state index is -0.0156. The molecule has 0 aliphatic carbocycles. The lowest BCUT2D eigenvalue weighted by molar-refractivity contribution is -0.132. The Hall–Kier alpha value is -3.15. The van der Waals surface area contributed by atoms with Crippen LogP contribution in [0.1, 0.15) is 47.8 Å². The number of hydrogen-bond donors (Lipinski definition) is 1. The smallest absolute Gasteiger partial charge is 0.223 e. The van der Waals surface area contributed by atoms with Gasteiger partial charge in [-0.25, -0.2) is 4.98 Å². The Kier molecular flexibility index (Phi) is 5.60. The molecule has 2 heterocycles. The minimum absolute atomic E-state index is 0.0156. The van der Waals surface area contributed by atoms with Gasteiger partial charge in [-0.3, -0.25) is 9.59 Å². The predicted molar refractivity (Wildman–Crippen MR) is 111 cm³/mol. The Morgan fingerprint density at radius 2 is 1.79 bits per heavy atom. The molecule has 0 saturated carbocycles. The van der Waals surface area contributed by atoms with E-state index in [9.17, 15) is 9.59 Å². The second kappa shape index (κ2) is 8.47. The van der Waals surface area contributed by atoms with Crippen molar-refractivity contribution in [3.8, 4) is 5.75 Å². The number of aromatic nitrogens is 2. The number of likely N-dealkylation sites (tertiary alicyclic amines) is 1. The first-order valence-corrected chi connectivity index (χ1v) is 10.0. The zero-order valence-corrected chi connectivity index (χ0v) is 16.6. The highest BCUT2D eigenvalue weighted by molar-refractivity contribution is 5.98. The summed E-state index contributed by atoms with van der Waals surface area (Å²) in [6, 6.07) is 15.0. The van der Waals surface area contributed by atoms with Gasteiger partial charge in [-0.15, -0.1) is 0 Å². The van der Waals surface area contributed by atoms with Gasteiger partial charge in [0.15, 0.2) is 5.78 Å². The van der Waals surface area contributed by atoms with Crippen LogP contribution < -0.4 is 4.74 Å². The van der Waals surface area contributed by atoms with Crippen molar-refractivity contribution in [3.63, 3.8) is 0 Å². The Morgan fingerprint density at radius 1 is 1.07 bits per heavy atom. The van der Waals surface area contributed by atoms with E-state index in [1.165, 1.54) is 0 Å². The van der Waals surface area contributed by atoms with E-state index in [1.54, 1.807) is 31.4 Å². The molecule has 4 rings (SSSR count). The molecule has 0 unspecified atom stereocenters. The van der Waals surface area contributed by atoms with Crippen molar-refractivity contribution in [2.24, 2.45) is 0 Å². The van der Waals surface area contributed by atoms with Crippen LogP contribution in [0.2, 0.25) is 0 Å². The van der Waals surface area contributed by atoms with Gasteiger partial charge in [0.05, 0.1) is 18.1 Å². The maximum Gasteiger partial charge on any atom is 0.223 e. The maximum atomic E-state index is 12.5. The number of carbonyl (C=O) groups is 2. The summed E-state index contributed by atoms with van der Waals surface area (Å²) in [7, 11) is 1.59. The van der Waals surface area contributed by atoms with Crippen molar-refractivity contribution in [1.82, 2.24) is 14.9 Å². The van der Waals surface area contributed by atoms with Crippen LogP contribution >= 0.6 is 0 Å². The summed E-state index contributed by atoms with van der Waals surface area (Å²) in [6.45, 7) is 1.41. The van der Waals surface area contributed by atoms with E-state index in [0.29, 0.717) is 30.3 Å². The summed E-state index contributed by atoms with van der Waals surface area (Å²) in [6.07, 6.45) is 2.25. The highest BCUT2D eigenvalue weighted by Gasteiger charge is 2.26. The Morgan fingerprint density at radius 3 is 2.48 bits per heavy atom. The molecule has 0 atom stereocenters. The van der Waals surface area contributed by atoms with Crippen LogP contribution in [-0.4, -0.2) is 46.8 Å². The first-order chi connectivity index (χ1) is 14.1. The average Bonchev–Trinajstić information content (AvgIpc) is 3.22. The molecule has 1 amide bonds. The number of para-hydroxylation sites is 2. The fourth-order valence-electron chi connectivity index (χ4n) is 3.87. The molecule has 0 radical (unpaired) electrons. The SMILES string of the molecule is COc1ccc(C(=O)CCC(=O)N2CCC(c3nc4ccccc4[nH]3)CC2)cc1. The van der Waals surface area contributed by atoms with E-state index in [2.05, 4.69) is 4.98 Å². The first kappa shape index (κ1) is 19.2. The fraction of sp³-hybridized carbons (Fsp3) is 0.348. The molecular weight excluding hydrogens is 366 g/mol. The summed E-state index contributed by atoms with van der Waals surface area (Å²) in [4.78, 5) is 34.9. The van der Waals surface area contributed by atoms with Crippen LogP contribution in [0.15, 0.2) is 48.5 Å². The lowest BCUT2D eigenvalue weighted by Crippen LogP contribution is -2.38. The van der Waals surface area contributed by atoms with Gasteiger partial charge in [-0.1, -0.05) is 12.1 Å². The second-order valence-electron chi connectivity index (χ2n) is 7.45. The summed E-state index contributed by atoms with van der Waals surface area (Å²) < 4.78 is 5.11. The van der Waals surface area contributed by atoms with Gasteiger partial charge < -0.3 is 14.6 Å². The number of carbonyl (C=O) groups excluding carboxylic acids is 2. The van der Waals surface area contributed by atoms with Gasteiger partial charge in [0, 0.05) is 37.4 Å². The third kappa shape index (κ3) is 4.31. The van der Waals surface area contributed by atoms with E-state index in [0.717, 1.165) is 29.7 Å². The molecule has 1 aliphatic rings. The average molecular weight is 391 g/mol. The summed E-state index contributed by atoms with van der Waals surface area (Å²) in [5.41, 5.74) is 2.65. The van der Waals surface area contributed by atoms with Gasteiger partial charge >= 0.3 is 0 Å². The number of imidazole rings is 1. The van der Waals surface area contributed by atoms with E-state index in [4.69, 9.17) is 9.72 Å². The van der Waals surface area contributed by atoms with Crippen LogP contribution in [0, 0.1) is 0 Å². The third-order valence-corrected chi connectivity index (χ3v) is 5.62. The number of rotatable bonds is 6. The summed E-state index contributed by atoms with van der Waals surface area (Å²) in [5, 5.41) is 0. The quantitative estimate of drug-likeness (QED) is 0.646. The molecule has 29 heavy (non-hydrogen) atoms. The zero-order chi connectivity index (χ0) is 20.2. The topological polar surface area (TPSA) is 75.3 Å². The number of piperidine rings is 1. The number of benzene rings is 2. The molecule has 6 nitrogen and oxygen atoms in total. The van der Waals surface area contributed by atoms with E-state index in [-0.39, 0.29) is 24.5 Å². The van der Waals surface area contributed by atoms with E-state index in [1.807, 2.05) is 29.2 Å². The number of methoxy groups -OCH3 is 1. The molecule has 2 aromatic carbocycles. The number of fused-ring (bicyclic) bond motifs is 1. The number of Topliss-reactive ketones (excluding diaryl/α,β-unsaturated/α-hetero) is 1. The molecule has 0 spiro atoms. The van der Waals surface area contributed by atoms with Crippen LogP contribution in [0.5, 0.6) is 5.75 Å². The van der Waals surface area contributed by atoms with Crippen molar-refractivity contribution in [3.05, 3.63) is 59.9 Å². The van der Waals surface area contributed by atoms with Crippen LogP contribution in [0.3, 0.4) is 0 Å². The molecule has 6 heteroatoms. The predicted octanol–water partition coefficient (Wildman–Crippen LogP) is 3.94.